The Bertz CT molecular complexity index is 1290. The standard InChI is InChI=1S/C29H37N3O8/c1-16-25(33)31-21(27(35)39-8)14-17-9-11-22(37-6)19(13-17)20-15-18(10-12-23(20)38-7)24(26(34)30-16)32(5)28(36)40-29(2,3)4/h9-13,15-16,21,24H,14H2,1-8H3,(H,30,34)(H,31,33)/t16-,21-,24-/m0/s1. The number of carbonyl (C=O) groups excluding carboxylic acids is 4. The van der Waals surface area contributed by atoms with E-state index in [4.69, 9.17) is 18.9 Å². The van der Waals surface area contributed by atoms with Crippen molar-refractivity contribution >= 4 is 23.9 Å². The first-order valence-electron chi connectivity index (χ1n) is 12.8. The molecule has 0 fully saturated rings. The van der Waals surface area contributed by atoms with E-state index in [-0.39, 0.29) is 6.42 Å². The van der Waals surface area contributed by atoms with Crippen molar-refractivity contribution in [1.82, 2.24) is 15.5 Å². The molecule has 3 atom stereocenters. The van der Waals surface area contributed by atoms with Gasteiger partial charge in [-0.05, 0) is 63.1 Å². The van der Waals surface area contributed by atoms with Crippen LogP contribution in [0.1, 0.15) is 44.9 Å². The van der Waals surface area contributed by atoms with Crippen LogP contribution in [0.4, 0.5) is 4.79 Å². The number of ether oxygens (including phenoxy) is 4. The maximum atomic E-state index is 13.7. The Morgan fingerprint density at radius 2 is 1.50 bits per heavy atom. The Labute approximate surface area is 234 Å². The van der Waals surface area contributed by atoms with E-state index in [0.717, 1.165) is 5.56 Å². The third-order valence-corrected chi connectivity index (χ3v) is 6.40. The topological polar surface area (TPSA) is 132 Å². The highest BCUT2D eigenvalue weighted by molar-refractivity contribution is 5.94. The predicted octanol–water partition coefficient (Wildman–Crippen LogP) is 3.00. The van der Waals surface area contributed by atoms with Crippen LogP contribution in [0.5, 0.6) is 11.5 Å². The molecule has 1 aliphatic rings. The molecule has 216 valence electrons. The second-order valence-corrected chi connectivity index (χ2v) is 10.5. The minimum atomic E-state index is -1.18. The molecule has 2 aromatic carbocycles. The van der Waals surface area contributed by atoms with Gasteiger partial charge in [-0.3, -0.25) is 14.5 Å². The molecule has 1 aliphatic heterocycles. The molecule has 0 aliphatic carbocycles. The Kier molecular flexibility index (Phi) is 9.28. The van der Waals surface area contributed by atoms with Crippen LogP contribution in [0.2, 0.25) is 0 Å². The first-order chi connectivity index (χ1) is 18.8. The lowest BCUT2D eigenvalue weighted by atomic mass is 9.94. The Hall–Kier alpha value is -4.28. The van der Waals surface area contributed by atoms with Crippen LogP contribution in [0, 0.1) is 0 Å². The van der Waals surface area contributed by atoms with Crippen LogP contribution < -0.4 is 20.1 Å². The molecule has 0 aromatic heterocycles. The number of hydrogen-bond donors (Lipinski definition) is 2. The Balaban J connectivity index is 2.27. The number of likely N-dealkylation sites (N-methyl/N-ethyl adjacent to an activating group) is 1. The maximum Gasteiger partial charge on any atom is 0.410 e. The van der Waals surface area contributed by atoms with Gasteiger partial charge in [-0.2, -0.15) is 0 Å². The van der Waals surface area contributed by atoms with Crippen molar-refractivity contribution in [3.63, 3.8) is 0 Å². The van der Waals surface area contributed by atoms with Crippen molar-refractivity contribution in [2.75, 3.05) is 28.4 Å². The van der Waals surface area contributed by atoms with Crippen LogP contribution in [0.15, 0.2) is 36.4 Å². The summed E-state index contributed by atoms with van der Waals surface area (Å²) in [6.07, 6.45) is -0.601. The molecule has 0 radical (unpaired) electrons. The van der Waals surface area contributed by atoms with Crippen LogP contribution in [0.3, 0.4) is 0 Å². The lowest BCUT2D eigenvalue weighted by molar-refractivity contribution is -0.145. The molecule has 2 aromatic rings. The fourth-order valence-corrected chi connectivity index (χ4v) is 4.41. The molecule has 0 saturated carbocycles. The third kappa shape index (κ3) is 6.83. The smallest absolute Gasteiger partial charge is 0.410 e. The van der Waals surface area contributed by atoms with Gasteiger partial charge >= 0.3 is 12.1 Å². The summed E-state index contributed by atoms with van der Waals surface area (Å²) in [5.41, 5.74) is 1.58. The fraction of sp³-hybridized carbons (Fsp3) is 0.448. The summed E-state index contributed by atoms with van der Waals surface area (Å²) in [6.45, 7) is 6.66. The molecule has 4 bridgehead atoms. The lowest BCUT2D eigenvalue weighted by Crippen LogP contribution is -2.53. The van der Waals surface area contributed by atoms with Gasteiger partial charge in [0.15, 0.2) is 0 Å². The molecule has 11 nitrogen and oxygen atoms in total. The van der Waals surface area contributed by atoms with E-state index in [1.165, 1.54) is 40.2 Å². The van der Waals surface area contributed by atoms with Crippen LogP contribution in [0.25, 0.3) is 11.1 Å². The molecule has 2 N–H and O–H groups in total. The van der Waals surface area contributed by atoms with E-state index >= 15 is 0 Å². The van der Waals surface area contributed by atoms with Crippen molar-refractivity contribution in [2.24, 2.45) is 0 Å². The molecule has 0 saturated heterocycles. The number of hydrogen-bond acceptors (Lipinski definition) is 8. The second kappa shape index (κ2) is 12.3. The van der Waals surface area contributed by atoms with Crippen LogP contribution in [-0.4, -0.2) is 74.8 Å². The summed E-state index contributed by atoms with van der Waals surface area (Å²) < 4.78 is 21.7. The van der Waals surface area contributed by atoms with Crippen molar-refractivity contribution in [3.05, 3.63) is 47.5 Å². The third-order valence-electron chi connectivity index (χ3n) is 6.40. The number of nitrogens with zero attached hydrogens (tertiary/aromatic N) is 1. The van der Waals surface area contributed by atoms with E-state index in [2.05, 4.69) is 10.6 Å². The van der Waals surface area contributed by atoms with Gasteiger partial charge in [0.05, 0.1) is 21.3 Å². The number of benzene rings is 2. The fourth-order valence-electron chi connectivity index (χ4n) is 4.41. The zero-order valence-corrected chi connectivity index (χ0v) is 24.1. The summed E-state index contributed by atoms with van der Waals surface area (Å²) in [6, 6.07) is 7.23. The molecule has 3 amide bonds. The van der Waals surface area contributed by atoms with E-state index in [1.807, 2.05) is 6.07 Å². The maximum absolute atomic E-state index is 13.7. The minimum absolute atomic E-state index is 0.127. The van der Waals surface area contributed by atoms with Gasteiger partial charge < -0.3 is 29.6 Å². The van der Waals surface area contributed by atoms with E-state index in [1.54, 1.807) is 51.1 Å². The van der Waals surface area contributed by atoms with Crippen LogP contribution >= 0.6 is 0 Å². The Morgan fingerprint density at radius 3 is 2.08 bits per heavy atom. The van der Waals surface area contributed by atoms with Crippen molar-refractivity contribution in [3.8, 4) is 22.6 Å². The molecule has 11 heteroatoms. The van der Waals surface area contributed by atoms with Gasteiger partial charge in [-0.25, -0.2) is 9.59 Å². The molecule has 3 rings (SSSR count). The normalized spacial score (nSPS) is 19.4. The van der Waals surface area contributed by atoms with Gasteiger partial charge in [-0.15, -0.1) is 0 Å². The van der Waals surface area contributed by atoms with Gasteiger partial charge in [0.25, 0.3) is 0 Å². The largest absolute Gasteiger partial charge is 0.496 e. The SMILES string of the molecule is COC(=O)[C@@H]1Cc2ccc(OC)c(c2)-c2cc(ccc2OC)[C@H](N(C)C(=O)OC(C)(C)C)C(=O)N[C@@H](C)C(=O)N1. The minimum Gasteiger partial charge on any atom is -0.496 e. The number of nitrogens with one attached hydrogen (secondary N) is 2. The zero-order valence-electron chi connectivity index (χ0n) is 24.1. The number of amides is 3. The molecule has 40 heavy (non-hydrogen) atoms. The van der Waals surface area contributed by atoms with Gasteiger partial charge in [0, 0.05) is 24.6 Å². The highest BCUT2D eigenvalue weighted by Crippen LogP contribution is 2.39. The average molecular weight is 556 g/mol. The monoisotopic (exact) mass is 555 g/mol. The van der Waals surface area contributed by atoms with Crippen molar-refractivity contribution < 1.29 is 38.1 Å². The predicted molar refractivity (Wildman–Crippen MR) is 147 cm³/mol. The second-order valence-electron chi connectivity index (χ2n) is 10.5. The van der Waals surface area contributed by atoms with Crippen LogP contribution in [-0.2, 0) is 30.3 Å². The highest BCUT2D eigenvalue weighted by atomic mass is 16.6. The number of rotatable bonds is 4. The summed E-state index contributed by atoms with van der Waals surface area (Å²) >= 11 is 0. The molecular formula is C29H37N3O8. The summed E-state index contributed by atoms with van der Waals surface area (Å²) in [4.78, 5) is 53.6. The summed E-state index contributed by atoms with van der Waals surface area (Å²) in [7, 11) is 5.73. The van der Waals surface area contributed by atoms with Gasteiger partial charge in [0.1, 0.15) is 35.2 Å². The lowest BCUT2D eigenvalue weighted by Gasteiger charge is -2.31. The Morgan fingerprint density at radius 1 is 0.900 bits per heavy atom. The molecule has 1 heterocycles. The summed E-state index contributed by atoms with van der Waals surface area (Å²) in [5, 5.41) is 5.34. The highest BCUT2D eigenvalue weighted by Gasteiger charge is 2.35. The quantitative estimate of drug-likeness (QED) is 0.551. The molecular weight excluding hydrogens is 518 g/mol. The number of methoxy groups -OCH3 is 3. The average Bonchev–Trinajstić information content (AvgIpc) is 2.90. The van der Waals surface area contributed by atoms with Crippen molar-refractivity contribution in [2.45, 2.75) is 57.8 Å². The number of esters is 1. The van der Waals surface area contributed by atoms with Crippen molar-refractivity contribution in [1.29, 1.82) is 0 Å². The number of carbonyl (C=O) groups is 4. The number of fused-ring (bicyclic) bond motifs is 5. The van der Waals surface area contributed by atoms with Gasteiger partial charge in [-0.1, -0.05) is 12.1 Å². The van der Waals surface area contributed by atoms with E-state index in [9.17, 15) is 19.2 Å². The first kappa shape index (κ1) is 30.3. The molecule has 0 unspecified atom stereocenters. The first-order valence-corrected chi connectivity index (χ1v) is 12.8. The van der Waals surface area contributed by atoms with Gasteiger partial charge in [0.2, 0.25) is 11.8 Å². The molecule has 0 spiro atoms. The summed E-state index contributed by atoms with van der Waals surface area (Å²) in [5.74, 6) is -0.849. The van der Waals surface area contributed by atoms with E-state index in [0.29, 0.717) is 28.2 Å². The zero-order chi connectivity index (χ0) is 29.8. The van der Waals surface area contributed by atoms with E-state index < -0.39 is 47.6 Å².